The van der Waals surface area contributed by atoms with Crippen molar-refractivity contribution < 1.29 is 13.2 Å². The van der Waals surface area contributed by atoms with Crippen molar-refractivity contribution in [1.29, 1.82) is 0 Å². The first-order valence-electron chi connectivity index (χ1n) is 8.58. The molecule has 0 spiro atoms. The Kier molecular flexibility index (Phi) is 5.14. The van der Waals surface area contributed by atoms with Crippen molar-refractivity contribution in [3.8, 4) is 0 Å². The second kappa shape index (κ2) is 7.36. The predicted molar refractivity (Wildman–Crippen MR) is 109 cm³/mol. The molecular weight excluding hydrogens is 362 g/mol. The van der Waals surface area contributed by atoms with E-state index in [1.807, 2.05) is 31.2 Å². The lowest BCUT2D eigenvalue weighted by molar-refractivity contribution is 0.102. The van der Waals surface area contributed by atoms with E-state index in [0.717, 1.165) is 22.2 Å². The number of nitrogens with one attached hydrogen (secondary N) is 2. The summed E-state index contributed by atoms with van der Waals surface area (Å²) in [6.45, 7) is 5.21. The van der Waals surface area contributed by atoms with Gasteiger partial charge in [-0.3, -0.25) is 14.5 Å². The number of aromatic nitrogens is 1. The molecule has 7 heteroatoms. The van der Waals surface area contributed by atoms with E-state index in [4.69, 9.17) is 0 Å². The lowest BCUT2D eigenvalue weighted by Crippen LogP contribution is -2.16. The van der Waals surface area contributed by atoms with Crippen LogP contribution in [0.5, 0.6) is 0 Å². The summed E-state index contributed by atoms with van der Waals surface area (Å²) in [6, 6.07) is 14.3. The predicted octanol–water partition coefficient (Wildman–Crippen LogP) is 3.87. The molecule has 0 atom stereocenters. The second-order valence-corrected chi connectivity index (χ2v) is 8.33. The number of hydrogen-bond acceptors (Lipinski definition) is 4. The molecule has 3 rings (SSSR count). The minimum Gasteiger partial charge on any atom is -0.322 e. The smallest absolute Gasteiger partial charge is 0.256 e. The first-order chi connectivity index (χ1) is 12.8. The summed E-state index contributed by atoms with van der Waals surface area (Å²) in [5.41, 5.74) is 3.89. The van der Waals surface area contributed by atoms with Gasteiger partial charge in [-0.2, -0.15) is 0 Å². The maximum Gasteiger partial charge on any atom is 0.256 e. The molecule has 0 aliphatic heterocycles. The van der Waals surface area contributed by atoms with Gasteiger partial charge in [-0.05, 0) is 56.7 Å². The normalized spacial score (nSPS) is 11.4. The average molecular weight is 383 g/mol. The zero-order chi connectivity index (χ0) is 19.6. The average Bonchev–Trinajstić information content (AvgIpc) is 2.63. The number of nitrogens with zero attached hydrogens (tertiary/aromatic N) is 1. The second-order valence-electron chi connectivity index (χ2n) is 6.32. The molecule has 0 unspecified atom stereocenters. The molecule has 1 heterocycles. The van der Waals surface area contributed by atoms with E-state index >= 15 is 0 Å². The number of carbonyl (C=O) groups excluding carboxylic acids is 1. The lowest BCUT2D eigenvalue weighted by atomic mass is 10.1. The van der Waals surface area contributed by atoms with Gasteiger partial charge in [0.15, 0.2) is 0 Å². The van der Waals surface area contributed by atoms with Crippen LogP contribution in [-0.4, -0.2) is 25.1 Å². The summed E-state index contributed by atoms with van der Waals surface area (Å²) in [4.78, 5) is 17.2. The Bertz CT molecular complexity index is 1120. The topological polar surface area (TPSA) is 88.2 Å². The summed E-state index contributed by atoms with van der Waals surface area (Å²) < 4.78 is 26.0. The minimum atomic E-state index is -3.35. The molecule has 6 nitrogen and oxygen atoms in total. The van der Waals surface area contributed by atoms with Crippen LogP contribution in [-0.2, 0) is 10.0 Å². The van der Waals surface area contributed by atoms with Crippen LogP contribution in [0.15, 0.2) is 48.5 Å². The highest BCUT2D eigenvalue weighted by Crippen LogP contribution is 2.23. The summed E-state index contributed by atoms with van der Waals surface area (Å²) in [7, 11) is -3.35. The molecule has 0 saturated carbocycles. The highest BCUT2D eigenvalue weighted by molar-refractivity contribution is 7.92. The molecule has 2 aromatic carbocycles. The number of rotatable bonds is 5. The van der Waals surface area contributed by atoms with Crippen LogP contribution >= 0.6 is 0 Å². The zero-order valence-corrected chi connectivity index (χ0v) is 16.2. The Hall–Kier alpha value is -2.93. The highest BCUT2D eigenvalue weighted by Gasteiger charge is 2.14. The number of para-hydroxylation sites is 1. The lowest BCUT2D eigenvalue weighted by Gasteiger charge is -2.12. The third kappa shape index (κ3) is 4.25. The number of benzene rings is 2. The number of anilines is 2. The fourth-order valence-corrected chi connectivity index (χ4v) is 3.50. The minimum absolute atomic E-state index is 0.000600. The Balaban J connectivity index is 1.88. The van der Waals surface area contributed by atoms with Gasteiger partial charge in [0.2, 0.25) is 10.0 Å². The molecule has 0 aliphatic carbocycles. The van der Waals surface area contributed by atoms with Gasteiger partial charge in [0, 0.05) is 16.8 Å². The van der Waals surface area contributed by atoms with Crippen molar-refractivity contribution in [2.75, 3.05) is 15.8 Å². The number of sulfonamides is 1. The van der Waals surface area contributed by atoms with E-state index in [9.17, 15) is 13.2 Å². The van der Waals surface area contributed by atoms with Crippen molar-refractivity contribution in [2.24, 2.45) is 0 Å². The maximum atomic E-state index is 12.8. The Morgan fingerprint density at radius 2 is 1.81 bits per heavy atom. The van der Waals surface area contributed by atoms with Crippen LogP contribution in [0.2, 0.25) is 0 Å². The van der Waals surface area contributed by atoms with Crippen molar-refractivity contribution in [3.05, 3.63) is 65.4 Å². The quantitative estimate of drug-likeness (QED) is 0.700. The van der Waals surface area contributed by atoms with Gasteiger partial charge < -0.3 is 5.32 Å². The largest absolute Gasteiger partial charge is 0.322 e. The molecule has 1 amide bonds. The zero-order valence-electron chi connectivity index (χ0n) is 15.4. The Morgan fingerprint density at radius 1 is 1.07 bits per heavy atom. The van der Waals surface area contributed by atoms with E-state index in [1.165, 1.54) is 0 Å². The monoisotopic (exact) mass is 383 g/mol. The van der Waals surface area contributed by atoms with Crippen molar-refractivity contribution in [2.45, 2.75) is 20.8 Å². The number of hydrogen-bond donors (Lipinski definition) is 2. The number of pyridine rings is 1. The van der Waals surface area contributed by atoms with Crippen LogP contribution < -0.4 is 10.0 Å². The molecule has 0 fully saturated rings. The summed E-state index contributed by atoms with van der Waals surface area (Å²) >= 11 is 0. The fraction of sp³-hybridized carbons (Fsp3) is 0.200. The summed E-state index contributed by atoms with van der Waals surface area (Å²) in [5, 5.41) is 3.66. The van der Waals surface area contributed by atoms with Crippen molar-refractivity contribution >= 4 is 38.2 Å². The molecule has 27 heavy (non-hydrogen) atoms. The third-order valence-electron chi connectivity index (χ3n) is 4.22. The van der Waals surface area contributed by atoms with E-state index < -0.39 is 10.0 Å². The van der Waals surface area contributed by atoms with E-state index in [-0.39, 0.29) is 11.7 Å². The SMILES string of the molecule is CCS(=O)(=O)Nc1ccc(NC(=O)c2cc(C)nc3ccccc23)cc1C. The number of aryl methyl sites for hydroxylation is 2. The van der Waals surface area contributed by atoms with Crippen molar-refractivity contribution in [3.63, 3.8) is 0 Å². The molecule has 2 N–H and O–H groups in total. The number of fused-ring (bicyclic) bond motifs is 1. The van der Waals surface area contributed by atoms with Gasteiger partial charge in [0.1, 0.15) is 0 Å². The molecule has 3 aromatic rings. The summed E-state index contributed by atoms with van der Waals surface area (Å²) in [5.74, 6) is -0.239. The summed E-state index contributed by atoms with van der Waals surface area (Å²) in [6.07, 6.45) is 0. The van der Waals surface area contributed by atoms with Gasteiger partial charge in [0.05, 0.1) is 22.5 Å². The molecule has 1 aromatic heterocycles. The Morgan fingerprint density at radius 3 is 2.52 bits per heavy atom. The molecular formula is C20H21N3O3S. The van der Waals surface area contributed by atoms with Crippen molar-refractivity contribution in [1.82, 2.24) is 4.98 Å². The maximum absolute atomic E-state index is 12.8. The van der Waals surface area contributed by atoms with E-state index in [0.29, 0.717) is 16.9 Å². The van der Waals surface area contributed by atoms with Gasteiger partial charge in [-0.15, -0.1) is 0 Å². The molecule has 0 bridgehead atoms. The first kappa shape index (κ1) is 18.8. The van der Waals surface area contributed by atoms with Gasteiger partial charge in [-0.1, -0.05) is 18.2 Å². The number of amides is 1. The molecule has 0 aliphatic rings. The third-order valence-corrected chi connectivity index (χ3v) is 5.51. The standard InChI is InChI=1S/C20H21N3O3S/c1-4-27(25,26)23-18-10-9-15(11-13(18)2)22-20(24)17-12-14(3)21-19-8-6-5-7-16(17)19/h5-12,23H,4H2,1-3H3,(H,22,24). The van der Waals surface area contributed by atoms with E-state index in [2.05, 4.69) is 15.0 Å². The van der Waals surface area contributed by atoms with Crippen LogP contribution in [0.4, 0.5) is 11.4 Å². The van der Waals surface area contributed by atoms with Crippen LogP contribution in [0.25, 0.3) is 10.9 Å². The van der Waals surface area contributed by atoms with Crippen LogP contribution in [0, 0.1) is 13.8 Å². The first-order valence-corrected chi connectivity index (χ1v) is 10.2. The van der Waals surface area contributed by atoms with Gasteiger partial charge in [0.25, 0.3) is 5.91 Å². The molecule has 0 saturated heterocycles. The van der Waals surface area contributed by atoms with Gasteiger partial charge >= 0.3 is 0 Å². The van der Waals surface area contributed by atoms with E-state index in [1.54, 1.807) is 38.1 Å². The highest BCUT2D eigenvalue weighted by atomic mass is 32.2. The fourth-order valence-electron chi connectivity index (χ4n) is 2.79. The molecule has 0 radical (unpaired) electrons. The van der Waals surface area contributed by atoms with Crippen LogP contribution in [0.1, 0.15) is 28.5 Å². The number of carbonyl (C=O) groups is 1. The Labute approximate surface area is 158 Å². The van der Waals surface area contributed by atoms with Gasteiger partial charge in [-0.25, -0.2) is 8.42 Å². The van der Waals surface area contributed by atoms with Crippen LogP contribution in [0.3, 0.4) is 0 Å². The molecule has 140 valence electrons.